The van der Waals surface area contributed by atoms with Crippen molar-refractivity contribution in [2.45, 2.75) is 24.8 Å². The number of hydrogen-bond donors (Lipinski definition) is 0. The molecule has 0 aliphatic rings. The summed E-state index contributed by atoms with van der Waals surface area (Å²) in [6, 6.07) is 8.20. The van der Waals surface area contributed by atoms with E-state index in [9.17, 15) is 8.42 Å². The number of rotatable bonds is 4. The molecule has 0 saturated heterocycles. The van der Waals surface area contributed by atoms with E-state index in [0.29, 0.717) is 4.47 Å². The highest BCUT2D eigenvalue weighted by Crippen LogP contribution is 2.25. The first-order chi connectivity index (χ1) is 7.91. The summed E-state index contributed by atoms with van der Waals surface area (Å²) in [4.78, 5) is 0.184. The molecule has 4 nitrogen and oxygen atoms in total. The van der Waals surface area contributed by atoms with E-state index < -0.39 is 10.0 Å². The van der Waals surface area contributed by atoms with Crippen molar-refractivity contribution in [2.24, 2.45) is 0 Å². The van der Waals surface area contributed by atoms with Crippen molar-refractivity contribution in [3.8, 4) is 6.07 Å². The second kappa shape index (κ2) is 5.63. The number of nitrogens with zero attached hydrogens (tertiary/aromatic N) is 2. The maximum atomic E-state index is 12.3. The third-order valence-corrected chi connectivity index (χ3v) is 5.26. The van der Waals surface area contributed by atoms with Gasteiger partial charge in [0.05, 0.1) is 11.0 Å². The Kier molecular flexibility index (Phi) is 4.69. The van der Waals surface area contributed by atoms with Crippen LogP contribution in [0.5, 0.6) is 0 Å². The van der Waals surface area contributed by atoms with E-state index >= 15 is 0 Å². The molecular weight excluding hydrogens is 304 g/mol. The van der Waals surface area contributed by atoms with Crippen LogP contribution in [0.2, 0.25) is 0 Å². The summed E-state index contributed by atoms with van der Waals surface area (Å²) >= 11 is 3.21. The number of benzene rings is 1. The third-order valence-electron chi connectivity index (χ3n) is 2.23. The first-order valence-corrected chi connectivity index (χ1v) is 7.28. The molecule has 0 radical (unpaired) electrons. The van der Waals surface area contributed by atoms with Crippen LogP contribution < -0.4 is 0 Å². The molecule has 1 aromatic carbocycles. The Morgan fingerprint density at radius 1 is 1.41 bits per heavy atom. The monoisotopic (exact) mass is 316 g/mol. The topological polar surface area (TPSA) is 61.2 Å². The van der Waals surface area contributed by atoms with E-state index in [1.54, 1.807) is 32.0 Å². The summed E-state index contributed by atoms with van der Waals surface area (Å²) in [5, 5.41) is 8.70. The Hall–Kier alpha value is -0.900. The minimum absolute atomic E-state index is 0.151. The molecule has 0 aliphatic heterocycles. The molecule has 0 heterocycles. The van der Waals surface area contributed by atoms with Gasteiger partial charge in [-0.05, 0) is 41.9 Å². The largest absolute Gasteiger partial charge is 0.245 e. The third kappa shape index (κ3) is 3.06. The molecule has 0 bridgehead atoms. The van der Waals surface area contributed by atoms with Crippen LogP contribution in [0.3, 0.4) is 0 Å². The van der Waals surface area contributed by atoms with Crippen molar-refractivity contribution in [3.63, 3.8) is 0 Å². The van der Waals surface area contributed by atoms with Crippen molar-refractivity contribution in [3.05, 3.63) is 28.7 Å². The van der Waals surface area contributed by atoms with Gasteiger partial charge >= 0.3 is 0 Å². The number of halogens is 1. The van der Waals surface area contributed by atoms with Gasteiger partial charge in [0, 0.05) is 10.5 Å². The SMILES string of the molecule is CC(C)N(CC#N)S(=O)(=O)c1ccccc1Br. The summed E-state index contributed by atoms with van der Waals surface area (Å²) < 4.78 is 26.3. The lowest BCUT2D eigenvalue weighted by molar-refractivity contribution is 0.385. The fourth-order valence-corrected chi connectivity index (χ4v) is 3.89. The zero-order chi connectivity index (χ0) is 13.1. The Balaban J connectivity index is 3.28. The first-order valence-electron chi connectivity index (χ1n) is 5.04. The van der Waals surface area contributed by atoms with Gasteiger partial charge in [-0.15, -0.1) is 0 Å². The maximum Gasteiger partial charge on any atom is 0.245 e. The Labute approximate surface area is 110 Å². The smallest absolute Gasteiger partial charge is 0.207 e. The van der Waals surface area contributed by atoms with Crippen LogP contribution in [0.4, 0.5) is 0 Å². The number of nitriles is 1. The lowest BCUT2D eigenvalue weighted by atomic mass is 10.4. The average molecular weight is 317 g/mol. The first kappa shape index (κ1) is 14.2. The summed E-state index contributed by atoms with van der Waals surface area (Å²) in [6.45, 7) is 3.33. The normalized spacial score (nSPS) is 11.8. The quantitative estimate of drug-likeness (QED) is 0.801. The van der Waals surface area contributed by atoms with E-state index in [1.165, 1.54) is 10.4 Å². The summed E-state index contributed by atoms with van der Waals surface area (Å²) in [5.41, 5.74) is 0. The zero-order valence-corrected chi connectivity index (χ0v) is 12.0. The second-order valence-electron chi connectivity index (χ2n) is 3.73. The van der Waals surface area contributed by atoms with Crippen molar-refractivity contribution >= 4 is 26.0 Å². The van der Waals surface area contributed by atoms with Crippen LogP contribution >= 0.6 is 15.9 Å². The molecule has 0 unspecified atom stereocenters. The average Bonchev–Trinajstić information content (AvgIpc) is 2.25. The highest BCUT2D eigenvalue weighted by Gasteiger charge is 2.28. The molecule has 1 aromatic rings. The predicted molar refractivity (Wildman–Crippen MR) is 68.8 cm³/mol. The molecule has 0 saturated carbocycles. The number of sulfonamides is 1. The van der Waals surface area contributed by atoms with E-state index in [0.717, 1.165) is 0 Å². The molecule has 0 fully saturated rings. The van der Waals surface area contributed by atoms with Crippen LogP contribution in [0.25, 0.3) is 0 Å². The minimum atomic E-state index is -3.63. The Bertz CT molecular complexity index is 535. The Morgan fingerprint density at radius 2 is 2.00 bits per heavy atom. The maximum absolute atomic E-state index is 12.3. The lowest BCUT2D eigenvalue weighted by Gasteiger charge is -2.23. The van der Waals surface area contributed by atoms with Crippen molar-refractivity contribution in [1.29, 1.82) is 5.26 Å². The van der Waals surface area contributed by atoms with Crippen molar-refractivity contribution < 1.29 is 8.42 Å². The fourth-order valence-electron chi connectivity index (χ4n) is 1.40. The summed E-state index contributed by atoms with van der Waals surface area (Å²) in [5.74, 6) is 0. The van der Waals surface area contributed by atoms with Gasteiger partial charge in [0.2, 0.25) is 10.0 Å². The Morgan fingerprint density at radius 3 is 2.47 bits per heavy atom. The molecule has 0 spiro atoms. The van der Waals surface area contributed by atoms with Crippen LogP contribution in [-0.4, -0.2) is 25.3 Å². The van der Waals surface area contributed by atoms with Crippen LogP contribution in [0, 0.1) is 11.3 Å². The lowest BCUT2D eigenvalue weighted by Crippen LogP contribution is -2.37. The van der Waals surface area contributed by atoms with E-state index in [2.05, 4.69) is 15.9 Å². The van der Waals surface area contributed by atoms with Gasteiger partial charge < -0.3 is 0 Å². The zero-order valence-electron chi connectivity index (χ0n) is 9.59. The van der Waals surface area contributed by atoms with Crippen molar-refractivity contribution in [1.82, 2.24) is 4.31 Å². The van der Waals surface area contributed by atoms with Crippen LogP contribution in [0.15, 0.2) is 33.6 Å². The molecule has 92 valence electrons. The van der Waals surface area contributed by atoms with Crippen molar-refractivity contribution in [2.75, 3.05) is 6.54 Å². The number of hydrogen-bond acceptors (Lipinski definition) is 3. The molecule has 0 aromatic heterocycles. The molecule has 0 aliphatic carbocycles. The standard InChI is InChI=1S/C11H13BrN2O2S/c1-9(2)14(8-7-13)17(15,16)11-6-4-3-5-10(11)12/h3-6,9H,8H2,1-2H3. The highest BCUT2D eigenvalue weighted by molar-refractivity contribution is 9.10. The molecule has 6 heteroatoms. The van der Waals surface area contributed by atoms with Gasteiger partial charge in [-0.25, -0.2) is 8.42 Å². The van der Waals surface area contributed by atoms with E-state index in [4.69, 9.17) is 5.26 Å². The summed E-state index contributed by atoms with van der Waals surface area (Å²) in [6.07, 6.45) is 0. The molecule has 1 rings (SSSR count). The summed E-state index contributed by atoms with van der Waals surface area (Å²) in [7, 11) is -3.63. The van der Waals surface area contributed by atoms with Gasteiger partial charge in [0.25, 0.3) is 0 Å². The predicted octanol–water partition coefficient (Wildman–Crippen LogP) is 2.37. The van der Waals surface area contributed by atoms with E-state index in [-0.39, 0.29) is 17.5 Å². The van der Waals surface area contributed by atoms with E-state index in [1.807, 2.05) is 6.07 Å². The van der Waals surface area contributed by atoms with Gasteiger partial charge in [0.15, 0.2) is 0 Å². The second-order valence-corrected chi connectivity index (χ2v) is 6.45. The van der Waals surface area contributed by atoms with Crippen LogP contribution in [0.1, 0.15) is 13.8 Å². The molecule has 0 amide bonds. The molecule has 17 heavy (non-hydrogen) atoms. The van der Waals surface area contributed by atoms with Gasteiger partial charge in [-0.2, -0.15) is 9.57 Å². The van der Waals surface area contributed by atoms with Gasteiger partial charge in [0.1, 0.15) is 6.54 Å². The molecular formula is C11H13BrN2O2S. The minimum Gasteiger partial charge on any atom is -0.207 e. The van der Waals surface area contributed by atoms with Crippen LogP contribution in [-0.2, 0) is 10.0 Å². The molecule has 0 N–H and O–H groups in total. The van der Waals surface area contributed by atoms with Gasteiger partial charge in [-0.1, -0.05) is 12.1 Å². The fraction of sp³-hybridized carbons (Fsp3) is 0.364. The highest BCUT2D eigenvalue weighted by atomic mass is 79.9. The molecule has 0 atom stereocenters. The van der Waals surface area contributed by atoms with Gasteiger partial charge in [-0.3, -0.25) is 0 Å².